The molecule has 0 aromatic heterocycles. The Hall–Kier alpha value is 0. The molecule has 2 fully saturated rings. The van der Waals surface area contributed by atoms with Crippen molar-refractivity contribution in [3.05, 3.63) is 0 Å². The maximum atomic E-state index is 2.54. The maximum absolute atomic E-state index is 2.54. The Balaban J connectivity index is 2.26. The molecule has 2 aliphatic rings. The van der Waals surface area contributed by atoms with Crippen molar-refractivity contribution in [1.29, 1.82) is 0 Å². The van der Waals surface area contributed by atoms with Crippen LogP contribution in [0.2, 0.25) is 0 Å². The van der Waals surface area contributed by atoms with Gasteiger partial charge in [0.1, 0.15) is 0 Å². The first kappa shape index (κ1) is 22.3. The quantitative estimate of drug-likeness (QED) is 0.379. The Kier molecular flexibility index (Phi) is 9.02. The summed E-state index contributed by atoms with van der Waals surface area (Å²) in [7, 11) is 0. The van der Waals surface area contributed by atoms with Gasteiger partial charge in [-0.2, -0.15) is 0 Å². The Morgan fingerprint density at radius 2 is 1.12 bits per heavy atom. The number of hydrogen-bond acceptors (Lipinski definition) is 0. The number of unbranched alkanes of at least 4 members (excludes halogenated alkanes) is 2. The van der Waals surface area contributed by atoms with Crippen LogP contribution in [-0.2, 0) is 0 Å². The van der Waals surface area contributed by atoms with Crippen molar-refractivity contribution in [2.75, 3.05) is 0 Å². The predicted molar refractivity (Wildman–Crippen MR) is 117 cm³/mol. The molecule has 0 N–H and O–H groups in total. The van der Waals surface area contributed by atoms with Gasteiger partial charge in [0.15, 0.2) is 0 Å². The second-order valence-corrected chi connectivity index (χ2v) is 11.1. The molecule has 2 aliphatic carbocycles. The fourth-order valence-corrected chi connectivity index (χ4v) is 6.91. The lowest BCUT2D eigenvalue weighted by molar-refractivity contribution is 0.000966. The van der Waals surface area contributed by atoms with Crippen LogP contribution < -0.4 is 0 Å². The summed E-state index contributed by atoms with van der Waals surface area (Å²) in [5.41, 5.74) is 0. The molecule has 0 heterocycles. The summed E-state index contributed by atoms with van der Waals surface area (Å²) in [6.45, 7) is 17.5. The van der Waals surface area contributed by atoms with E-state index in [0.717, 1.165) is 53.3 Å². The molecule has 0 aromatic rings. The summed E-state index contributed by atoms with van der Waals surface area (Å²) in [5, 5.41) is 0. The summed E-state index contributed by atoms with van der Waals surface area (Å²) in [5.74, 6) is 8.67. The highest BCUT2D eigenvalue weighted by molar-refractivity contribution is 4.92. The largest absolute Gasteiger partial charge is 0.0654 e. The first-order chi connectivity index (χ1) is 12.3. The molecule has 0 amide bonds. The lowest BCUT2D eigenvalue weighted by Crippen LogP contribution is -2.41. The molecular formula is C26H50. The molecule has 6 atom stereocenters. The third-order valence-corrected chi connectivity index (χ3v) is 8.39. The molecule has 0 saturated heterocycles. The van der Waals surface area contributed by atoms with E-state index >= 15 is 0 Å². The summed E-state index contributed by atoms with van der Waals surface area (Å²) in [4.78, 5) is 0. The van der Waals surface area contributed by atoms with E-state index in [4.69, 9.17) is 0 Å². The van der Waals surface area contributed by atoms with Gasteiger partial charge in [-0.25, -0.2) is 0 Å². The summed E-state index contributed by atoms with van der Waals surface area (Å²) < 4.78 is 0. The van der Waals surface area contributed by atoms with Crippen molar-refractivity contribution >= 4 is 0 Å². The zero-order chi connectivity index (χ0) is 19.3. The first-order valence-electron chi connectivity index (χ1n) is 12.3. The van der Waals surface area contributed by atoms with Gasteiger partial charge in [0.25, 0.3) is 0 Å². The SMILES string of the molecule is CCCCCC(C1CC(C)CCC1C(C)C)C1CC(C)CCC1C(C)C. The zero-order valence-electron chi connectivity index (χ0n) is 19.3. The summed E-state index contributed by atoms with van der Waals surface area (Å²) in [6, 6.07) is 0. The molecule has 154 valence electrons. The molecular weight excluding hydrogens is 312 g/mol. The van der Waals surface area contributed by atoms with Crippen LogP contribution in [-0.4, -0.2) is 0 Å². The van der Waals surface area contributed by atoms with Crippen molar-refractivity contribution in [3.63, 3.8) is 0 Å². The van der Waals surface area contributed by atoms with Gasteiger partial charge in [0, 0.05) is 0 Å². The van der Waals surface area contributed by atoms with E-state index in [9.17, 15) is 0 Å². The lowest BCUT2D eigenvalue weighted by Gasteiger charge is -2.49. The molecule has 2 saturated carbocycles. The van der Waals surface area contributed by atoms with Gasteiger partial charge in [-0.15, -0.1) is 0 Å². The standard InChI is InChI=1S/C26H50/c1-8-9-10-11-24(25-16-20(6)12-14-22(25)18(2)3)26-17-21(7)13-15-23(26)19(4)5/h18-26H,8-17H2,1-7H3. The maximum Gasteiger partial charge on any atom is -0.0350 e. The monoisotopic (exact) mass is 362 g/mol. The average Bonchev–Trinajstić information content (AvgIpc) is 2.58. The second kappa shape index (κ2) is 10.5. The highest BCUT2D eigenvalue weighted by atomic mass is 14.5. The van der Waals surface area contributed by atoms with Crippen LogP contribution in [0.15, 0.2) is 0 Å². The minimum atomic E-state index is 0.875. The van der Waals surface area contributed by atoms with E-state index in [-0.39, 0.29) is 0 Å². The highest BCUT2D eigenvalue weighted by Gasteiger charge is 2.43. The van der Waals surface area contributed by atoms with Gasteiger partial charge in [0.05, 0.1) is 0 Å². The molecule has 0 nitrogen and oxygen atoms in total. The average molecular weight is 363 g/mol. The normalized spacial score (nSPS) is 37.3. The Labute approximate surface area is 166 Å². The minimum absolute atomic E-state index is 0.875. The zero-order valence-corrected chi connectivity index (χ0v) is 19.3. The Morgan fingerprint density at radius 3 is 1.50 bits per heavy atom. The van der Waals surface area contributed by atoms with Gasteiger partial charge in [0.2, 0.25) is 0 Å². The molecule has 26 heavy (non-hydrogen) atoms. The van der Waals surface area contributed by atoms with Crippen molar-refractivity contribution in [1.82, 2.24) is 0 Å². The molecule has 0 heteroatoms. The molecule has 0 bridgehead atoms. The third-order valence-electron chi connectivity index (χ3n) is 8.39. The van der Waals surface area contributed by atoms with Gasteiger partial charge in [-0.3, -0.25) is 0 Å². The molecule has 0 spiro atoms. The minimum Gasteiger partial charge on any atom is -0.0654 e. The van der Waals surface area contributed by atoms with Gasteiger partial charge < -0.3 is 0 Å². The van der Waals surface area contributed by atoms with Crippen LogP contribution in [0, 0.1) is 53.3 Å². The fraction of sp³-hybridized carbons (Fsp3) is 1.00. The smallest absolute Gasteiger partial charge is 0.0350 e. The van der Waals surface area contributed by atoms with Gasteiger partial charge in [-0.1, -0.05) is 80.6 Å². The molecule has 6 unspecified atom stereocenters. The topological polar surface area (TPSA) is 0 Å². The third kappa shape index (κ3) is 5.75. The van der Waals surface area contributed by atoms with Crippen molar-refractivity contribution in [2.45, 2.75) is 113 Å². The summed E-state index contributed by atoms with van der Waals surface area (Å²) >= 11 is 0. The fourth-order valence-electron chi connectivity index (χ4n) is 6.91. The van der Waals surface area contributed by atoms with Crippen LogP contribution in [0.4, 0.5) is 0 Å². The Morgan fingerprint density at radius 1 is 0.654 bits per heavy atom. The number of rotatable bonds is 8. The molecule has 2 rings (SSSR count). The molecule has 0 aliphatic heterocycles. The first-order valence-corrected chi connectivity index (χ1v) is 12.3. The van der Waals surface area contributed by atoms with Gasteiger partial charge >= 0.3 is 0 Å². The van der Waals surface area contributed by atoms with E-state index in [1.165, 1.54) is 64.2 Å². The summed E-state index contributed by atoms with van der Waals surface area (Å²) in [6.07, 6.45) is 14.8. The molecule has 0 aromatic carbocycles. The van der Waals surface area contributed by atoms with Crippen LogP contribution in [0.5, 0.6) is 0 Å². The highest BCUT2D eigenvalue weighted by Crippen LogP contribution is 2.51. The number of hydrogen-bond donors (Lipinski definition) is 0. The second-order valence-electron chi connectivity index (χ2n) is 11.1. The van der Waals surface area contributed by atoms with Crippen LogP contribution in [0.3, 0.4) is 0 Å². The van der Waals surface area contributed by atoms with E-state index in [0.29, 0.717) is 0 Å². The lowest BCUT2D eigenvalue weighted by atomic mass is 9.56. The van der Waals surface area contributed by atoms with Crippen molar-refractivity contribution in [3.8, 4) is 0 Å². The van der Waals surface area contributed by atoms with E-state index in [2.05, 4.69) is 48.5 Å². The van der Waals surface area contributed by atoms with Gasteiger partial charge in [-0.05, 0) is 85.4 Å². The van der Waals surface area contributed by atoms with E-state index < -0.39 is 0 Å². The van der Waals surface area contributed by atoms with Crippen LogP contribution in [0.25, 0.3) is 0 Å². The Bertz CT molecular complexity index is 349. The predicted octanol–water partition coefficient (Wildman–Crippen LogP) is 8.60. The molecule has 0 radical (unpaired) electrons. The van der Waals surface area contributed by atoms with Crippen LogP contribution >= 0.6 is 0 Å². The van der Waals surface area contributed by atoms with Crippen molar-refractivity contribution in [2.24, 2.45) is 53.3 Å². The van der Waals surface area contributed by atoms with Crippen LogP contribution in [0.1, 0.15) is 113 Å². The van der Waals surface area contributed by atoms with E-state index in [1.54, 1.807) is 0 Å². The van der Waals surface area contributed by atoms with Crippen molar-refractivity contribution < 1.29 is 0 Å². The van der Waals surface area contributed by atoms with E-state index in [1.807, 2.05) is 0 Å².